The predicted molar refractivity (Wildman–Crippen MR) is 76.1 cm³/mol. The lowest BCUT2D eigenvalue weighted by atomic mass is 9.83. The summed E-state index contributed by atoms with van der Waals surface area (Å²) in [6, 6.07) is 5.81. The van der Waals surface area contributed by atoms with Gasteiger partial charge in [0.15, 0.2) is 0 Å². The van der Waals surface area contributed by atoms with E-state index >= 15 is 0 Å². The lowest BCUT2D eigenvalue weighted by Crippen LogP contribution is -2.35. The monoisotopic (exact) mass is 265 g/mol. The van der Waals surface area contributed by atoms with Crippen molar-refractivity contribution >= 4 is 5.78 Å². The molecule has 0 heterocycles. The zero-order valence-electron chi connectivity index (χ0n) is 12.4. The van der Waals surface area contributed by atoms with Crippen molar-refractivity contribution in [2.45, 2.75) is 26.2 Å². The van der Waals surface area contributed by atoms with Crippen molar-refractivity contribution in [1.29, 1.82) is 0 Å². The fourth-order valence-corrected chi connectivity index (χ4v) is 2.00. The van der Waals surface area contributed by atoms with E-state index in [4.69, 9.17) is 9.47 Å². The zero-order chi connectivity index (χ0) is 14.5. The van der Waals surface area contributed by atoms with Gasteiger partial charge in [-0.2, -0.15) is 0 Å². The van der Waals surface area contributed by atoms with Crippen LogP contribution in [0.4, 0.5) is 0 Å². The van der Waals surface area contributed by atoms with E-state index in [0.29, 0.717) is 13.1 Å². The van der Waals surface area contributed by atoms with Crippen LogP contribution in [0.15, 0.2) is 18.2 Å². The Morgan fingerprint density at radius 1 is 1.26 bits per heavy atom. The highest BCUT2D eigenvalue weighted by Crippen LogP contribution is 2.33. The molecule has 1 rings (SSSR count). The number of hydrogen-bond acceptors (Lipinski definition) is 4. The first kappa shape index (κ1) is 15.5. The first-order valence-electron chi connectivity index (χ1n) is 6.33. The molecule has 0 aromatic heterocycles. The van der Waals surface area contributed by atoms with E-state index in [2.05, 4.69) is 19.2 Å². The van der Waals surface area contributed by atoms with Crippen LogP contribution in [0.5, 0.6) is 11.5 Å². The van der Waals surface area contributed by atoms with Gasteiger partial charge in [-0.3, -0.25) is 4.79 Å². The number of carbonyl (C=O) groups excluding carboxylic acids is 1. The normalized spacial score (nSPS) is 11.2. The summed E-state index contributed by atoms with van der Waals surface area (Å²) in [6.07, 6.45) is 0. The molecule has 1 N–H and O–H groups in total. The Bertz CT molecular complexity index is 441. The number of methoxy groups -OCH3 is 2. The van der Waals surface area contributed by atoms with Crippen molar-refractivity contribution < 1.29 is 14.3 Å². The molecule has 4 heteroatoms. The number of hydrogen-bond donors (Lipinski definition) is 1. The van der Waals surface area contributed by atoms with Crippen LogP contribution in [0.1, 0.15) is 26.3 Å². The van der Waals surface area contributed by atoms with Crippen LogP contribution in [-0.2, 0) is 10.2 Å². The van der Waals surface area contributed by atoms with Gasteiger partial charge in [0.25, 0.3) is 0 Å². The smallest absolute Gasteiger partial charge is 0.143 e. The van der Waals surface area contributed by atoms with E-state index in [-0.39, 0.29) is 11.2 Å². The minimum absolute atomic E-state index is 0.132. The molecule has 0 aliphatic rings. The van der Waals surface area contributed by atoms with E-state index in [1.165, 1.54) is 0 Å². The number of ketones is 1. The van der Waals surface area contributed by atoms with Gasteiger partial charge in [-0.15, -0.1) is 0 Å². The minimum atomic E-state index is -0.132. The van der Waals surface area contributed by atoms with Crippen LogP contribution in [0, 0.1) is 0 Å². The highest BCUT2D eigenvalue weighted by molar-refractivity contribution is 5.77. The molecular formula is C15H23NO3. The van der Waals surface area contributed by atoms with Crippen LogP contribution >= 0.6 is 0 Å². The van der Waals surface area contributed by atoms with Crippen LogP contribution < -0.4 is 14.8 Å². The number of Topliss-reactive ketones (excluding diaryl/α,β-unsaturated/α-hetero) is 1. The lowest BCUT2D eigenvalue weighted by molar-refractivity contribution is -0.116. The molecule has 0 aliphatic heterocycles. The number of benzene rings is 1. The van der Waals surface area contributed by atoms with Crippen molar-refractivity contribution in [2.75, 3.05) is 27.3 Å². The molecule has 0 saturated carbocycles. The van der Waals surface area contributed by atoms with Crippen molar-refractivity contribution in [3.8, 4) is 11.5 Å². The molecule has 1 aromatic carbocycles. The molecule has 106 valence electrons. The van der Waals surface area contributed by atoms with E-state index in [1.54, 1.807) is 21.1 Å². The van der Waals surface area contributed by atoms with E-state index in [1.807, 2.05) is 18.2 Å². The highest BCUT2D eigenvalue weighted by atomic mass is 16.5. The summed E-state index contributed by atoms with van der Waals surface area (Å²) in [6.45, 7) is 6.90. The average molecular weight is 265 g/mol. The Kier molecular flexibility index (Phi) is 5.36. The lowest BCUT2D eigenvalue weighted by Gasteiger charge is -2.27. The quantitative estimate of drug-likeness (QED) is 0.820. The topological polar surface area (TPSA) is 47.6 Å². The molecule has 1 aromatic rings. The number of ether oxygens (including phenoxy) is 2. The highest BCUT2D eigenvalue weighted by Gasteiger charge is 2.24. The third-order valence-corrected chi connectivity index (χ3v) is 3.08. The van der Waals surface area contributed by atoms with Crippen molar-refractivity contribution in [1.82, 2.24) is 5.32 Å². The van der Waals surface area contributed by atoms with Crippen LogP contribution in [0.3, 0.4) is 0 Å². The zero-order valence-corrected chi connectivity index (χ0v) is 12.4. The SMILES string of the molecule is COc1ccc(C(C)(C)CNCC(C)=O)c(OC)c1. The average Bonchev–Trinajstić information content (AvgIpc) is 2.37. The van der Waals surface area contributed by atoms with Gasteiger partial charge < -0.3 is 14.8 Å². The second-order valence-electron chi connectivity index (χ2n) is 5.26. The van der Waals surface area contributed by atoms with Crippen molar-refractivity contribution in [2.24, 2.45) is 0 Å². The van der Waals surface area contributed by atoms with E-state index in [9.17, 15) is 4.79 Å². The fourth-order valence-electron chi connectivity index (χ4n) is 2.00. The summed E-state index contributed by atoms with van der Waals surface area (Å²) < 4.78 is 10.6. The van der Waals surface area contributed by atoms with Gasteiger partial charge in [0.2, 0.25) is 0 Å². The minimum Gasteiger partial charge on any atom is -0.497 e. The summed E-state index contributed by atoms with van der Waals surface area (Å²) in [5, 5.41) is 3.17. The molecule has 0 amide bonds. The number of rotatable bonds is 7. The molecule has 0 radical (unpaired) electrons. The number of carbonyl (C=O) groups is 1. The largest absolute Gasteiger partial charge is 0.497 e. The maximum Gasteiger partial charge on any atom is 0.143 e. The van der Waals surface area contributed by atoms with Gasteiger partial charge in [-0.05, 0) is 13.0 Å². The molecule has 0 aliphatic carbocycles. The second kappa shape index (κ2) is 6.57. The molecular weight excluding hydrogens is 242 g/mol. The Balaban J connectivity index is 2.89. The summed E-state index contributed by atoms with van der Waals surface area (Å²) in [5.74, 6) is 1.71. The molecule has 19 heavy (non-hydrogen) atoms. The maximum absolute atomic E-state index is 11.0. The fraction of sp³-hybridized carbons (Fsp3) is 0.533. The maximum atomic E-state index is 11.0. The Morgan fingerprint density at radius 3 is 2.47 bits per heavy atom. The Labute approximate surface area is 115 Å². The summed E-state index contributed by atoms with van der Waals surface area (Å²) in [4.78, 5) is 11.0. The third-order valence-electron chi connectivity index (χ3n) is 3.08. The van der Waals surface area contributed by atoms with Gasteiger partial charge in [-0.25, -0.2) is 0 Å². The van der Waals surface area contributed by atoms with Gasteiger partial charge in [0, 0.05) is 23.6 Å². The molecule has 0 spiro atoms. The van der Waals surface area contributed by atoms with Crippen LogP contribution in [0.2, 0.25) is 0 Å². The first-order chi connectivity index (χ1) is 8.90. The van der Waals surface area contributed by atoms with Crippen molar-refractivity contribution in [3.63, 3.8) is 0 Å². The molecule has 0 atom stereocenters. The third kappa shape index (κ3) is 4.24. The van der Waals surface area contributed by atoms with Gasteiger partial charge in [-0.1, -0.05) is 19.9 Å². The van der Waals surface area contributed by atoms with Gasteiger partial charge in [0.1, 0.15) is 17.3 Å². The summed E-state index contributed by atoms with van der Waals surface area (Å²) in [7, 11) is 3.28. The van der Waals surface area contributed by atoms with E-state index in [0.717, 1.165) is 17.1 Å². The summed E-state index contributed by atoms with van der Waals surface area (Å²) >= 11 is 0. The van der Waals surface area contributed by atoms with Crippen molar-refractivity contribution in [3.05, 3.63) is 23.8 Å². The van der Waals surface area contributed by atoms with Crippen LogP contribution in [0.25, 0.3) is 0 Å². The molecule has 0 fully saturated rings. The second-order valence-corrected chi connectivity index (χ2v) is 5.26. The first-order valence-corrected chi connectivity index (χ1v) is 6.33. The molecule has 0 bridgehead atoms. The van der Waals surface area contributed by atoms with Gasteiger partial charge in [0.05, 0.1) is 20.8 Å². The standard InChI is InChI=1S/C15H23NO3/c1-11(17)9-16-10-15(2,3)13-7-6-12(18-4)8-14(13)19-5/h6-8,16H,9-10H2,1-5H3. The van der Waals surface area contributed by atoms with Crippen LogP contribution in [-0.4, -0.2) is 33.1 Å². The number of nitrogens with one attached hydrogen (secondary N) is 1. The molecule has 4 nitrogen and oxygen atoms in total. The molecule has 0 unspecified atom stereocenters. The Hall–Kier alpha value is -1.55. The molecule has 0 saturated heterocycles. The Morgan fingerprint density at radius 2 is 1.95 bits per heavy atom. The summed E-state index contributed by atoms with van der Waals surface area (Å²) in [5.41, 5.74) is 0.958. The predicted octanol–water partition coefficient (Wildman–Crippen LogP) is 2.16. The van der Waals surface area contributed by atoms with Gasteiger partial charge >= 0.3 is 0 Å². The van der Waals surface area contributed by atoms with E-state index < -0.39 is 0 Å².